The average molecular weight is 422 g/mol. The van der Waals surface area contributed by atoms with Crippen molar-refractivity contribution in [3.8, 4) is 17.1 Å². The number of methoxy groups -OCH3 is 1. The lowest BCUT2D eigenvalue weighted by Crippen LogP contribution is -2.50. The number of benzene rings is 1. The molecule has 31 heavy (non-hydrogen) atoms. The third kappa shape index (κ3) is 4.18. The maximum absolute atomic E-state index is 13.0. The van der Waals surface area contributed by atoms with Gasteiger partial charge in [-0.05, 0) is 37.1 Å². The Morgan fingerprint density at radius 3 is 2.77 bits per heavy atom. The number of aromatic nitrogens is 4. The maximum atomic E-state index is 13.0. The van der Waals surface area contributed by atoms with E-state index in [1.165, 1.54) is 5.69 Å². The van der Waals surface area contributed by atoms with E-state index in [4.69, 9.17) is 9.26 Å². The van der Waals surface area contributed by atoms with E-state index in [0.717, 1.165) is 56.9 Å². The van der Waals surface area contributed by atoms with Gasteiger partial charge < -0.3 is 18.7 Å². The molecule has 9 nitrogen and oxygen atoms in total. The van der Waals surface area contributed by atoms with Gasteiger partial charge in [0, 0.05) is 50.2 Å². The van der Waals surface area contributed by atoms with Gasteiger partial charge in [0.25, 0.3) is 0 Å². The van der Waals surface area contributed by atoms with Crippen LogP contribution in [0.4, 0.5) is 0 Å². The van der Waals surface area contributed by atoms with E-state index >= 15 is 0 Å². The number of carbonyl (C=O) groups is 1. The fourth-order valence-corrected chi connectivity index (χ4v) is 4.33. The molecule has 0 bridgehead atoms. The molecule has 2 aliphatic rings. The Balaban J connectivity index is 1.13. The van der Waals surface area contributed by atoms with Gasteiger partial charge in [0.05, 0.1) is 25.9 Å². The topological polar surface area (TPSA) is 89.5 Å². The van der Waals surface area contributed by atoms with Gasteiger partial charge in [-0.1, -0.05) is 5.16 Å². The first-order chi connectivity index (χ1) is 15.2. The van der Waals surface area contributed by atoms with Crippen molar-refractivity contribution in [2.24, 2.45) is 5.92 Å². The second-order valence-corrected chi connectivity index (χ2v) is 8.11. The molecule has 1 atom stereocenters. The molecule has 1 saturated heterocycles. The first-order valence-corrected chi connectivity index (χ1v) is 10.7. The molecule has 1 aromatic carbocycles. The minimum absolute atomic E-state index is 0.0521. The lowest BCUT2D eigenvalue weighted by Gasteiger charge is -2.36. The zero-order valence-electron chi connectivity index (χ0n) is 17.6. The predicted octanol–water partition coefficient (Wildman–Crippen LogP) is 1.85. The van der Waals surface area contributed by atoms with Crippen molar-refractivity contribution in [3.05, 3.63) is 48.4 Å². The van der Waals surface area contributed by atoms with Crippen LogP contribution < -0.4 is 4.74 Å². The maximum Gasteiger partial charge on any atom is 0.241 e. The summed E-state index contributed by atoms with van der Waals surface area (Å²) in [5.74, 6) is 2.27. The van der Waals surface area contributed by atoms with Crippen molar-refractivity contribution >= 4 is 5.91 Å². The van der Waals surface area contributed by atoms with Crippen molar-refractivity contribution < 1.29 is 14.1 Å². The molecular weight excluding hydrogens is 396 g/mol. The molecular formula is C22H26N6O3. The summed E-state index contributed by atoms with van der Waals surface area (Å²) in [6.07, 6.45) is 5.55. The molecule has 2 aliphatic heterocycles. The number of nitrogens with zero attached hydrogens (tertiary/aromatic N) is 6. The van der Waals surface area contributed by atoms with Gasteiger partial charge in [-0.25, -0.2) is 4.98 Å². The van der Waals surface area contributed by atoms with Gasteiger partial charge in [-0.3, -0.25) is 9.69 Å². The number of hydrogen-bond acceptors (Lipinski definition) is 7. The Morgan fingerprint density at radius 1 is 1.19 bits per heavy atom. The minimum atomic E-state index is 0.0521. The van der Waals surface area contributed by atoms with Crippen LogP contribution in [0, 0.1) is 5.92 Å². The molecule has 0 aliphatic carbocycles. The Hall–Kier alpha value is -3.20. The molecule has 0 saturated carbocycles. The molecule has 162 valence electrons. The largest absolute Gasteiger partial charge is 0.497 e. The third-order valence-corrected chi connectivity index (χ3v) is 6.17. The molecule has 4 heterocycles. The Kier molecular flexibility index (Phi) is 5.42. The smallest absolute Gasteiger partial charge is 0.241 e. The first-order valence-electron chi connectivity index (χ1n) is 10.7. The number of amides is 1. The Morgan fingerprint density at radius 2 is 2.00 bits per heavy atom. The highest BCUT2D eigenvalue weighted by atomic mass is 16.5. The number of fused-ring (bicyclic) bond motifs is 1. The number of imidazole rings is 1. The highest BCUT2D eigenvalue weighted by Gasteiger charge is 2.30. The van der Waals surface area contributed by atoms with E-state index in [0.29, 0.717) is 18.3 Å². The van der Waals surface area contributed by atoms with Crippen LogP contribution in [0.15, 0.2) is 41.3 Å². The van der Waals surface area contributed by atoms with Gasteiger partial charge in [0.15, 0.2) is 0 Å². The molecule has 3 aromatic rings. The highest BCUT2D eigenvalue weighted by molar-refractivity contribution is 5.79. The summed E-state index contributed by atoms with van der Waals surface area (Å²) in [5.41, 5.74) is 2.11. The quantitative estimate of drug-likeness (QED) is 0.620. The van der Waals surface area contributed by atoms with Gasteiger partial charge in [-0.15, -0.1) is 0 Å². The molecule has 5 rings (SSSR count). The molecule has 1 amide bonds. The Bertz CT molecular complexity index is 1040. The summed E-state index contributed by atoms with van der Waals surface area (Å²) in [5, 5.41) is 4.10. The molecule has 1 unspecified atom stereocenters. The summed E-state index contributed by atoms with van der Waals surface area (Å²) in [7, 11) is 1.64. The molecule has 0 radical (unpaired) electrons. The fourth-order valence-electron chi connectivity index (χ4n) is 4.33. The van der Waals surface area contributed by atoms with E-state index in [1.807, 2.05) is 41.7 Å². The molecule has 9 heteroatoms. The van der Waals surface area contributed by atoms with Crippen molar-refractivity contribution in [1.82, 2.24) is 29.5 Å². The zero-order valence-corrected chi connectivity index (χ0v) is 17.6. The van der Waals surface area contributed by atoms with E-state index in [9.17, 15) is 4.79 Å². The second-order valence-electron chi connectivity index (χ2n) is 8.11. The average Bonchev–Trinajstić information content (AvgIpc) is 3.48. The molecule has 0 N–H and O–H groups in total. The predicted molar refractivity (Wildman–Crippen MR) is 112 cm³/mol. The molecule has 2 aromatic heterocycles. The number of piperazine rings is 1. The fraction of sp³-hybridized carbons (Fsp3) is 0.455. The summed E-state index contributed by atoms with van der Waals surface area (Å²) in [6, 6.07) is 7.58. The van der Waals surface area contributed by atoms with Crippen molar-refractivity contribution in [3.63, 3.8) is 0 Å². The lowest BCUT2D eigenvalue weighted by atomic mass is 9.96. The van der Waals surface area contributed by atoms with Crippen LogP contribution in [-0.4, -0.2) is 68.7 Å². The number of aryl methyl sites for hydroxylation is 1. The van der Waals surface area contributed by atoms with Gasteiger partial charge in [-0.2, -0.15) is 4.98 Å². The lowest BCUT2D eigenvalue weighted by molar-refractivity contribution is -0.138. The number of ether oxygens (including phenoxy) is 1. The second kappa shape index (κ2) is 8.50. The Labute approximate surface area is 180 Å². The third-order valence-electron chi connectivity index (χ3n) is 6.17. The minimum Gasteiger partial charge on any atom is -0.497 e. The summed E-state index contributed by atoms with van der Waals surface area (Å²) < 4.78 is 12.7. The van der Waals surface area contributed by atoms with Crippen LogP contribution in [0.2, 0.25) is 0 Å². The van der Waals surface area contributed by atoms with Crippen LogP contribution in [0.25, 0.3) is 11.4 Å². The van der Waals surface area contributed by atoms with Crippen LogP contribution in [0.5, 0.6) is 5.75 Å². The number of carbonyl (C=O) groups excluding carboxylic acids is 1. The number of rotatable bonds is 5. The van der Waals surface area contributed by atoms with E-state index in [-0.39, 0.29) is 11.8 Å². The van der Waals surface area contributed by atoms with Crippen molar-refractivity contribution in [2.75, 3.05) is 33.3 Å². The standard InChI is InChI=1S/C22H26N6O3/c1-30-19-6-3-16(4-7-19)21-24-20(31-25-21)14-26-8-10-27(11-9-26)22(29)17-2-5-18-12-23-15-28(18)13-17/h3-4,6-7,12,15,17H,2,5,8-11,13-14H2,1H3. The van der Waals surface area contributed by atoms with E-state index in [1.54, 1.807) is 7.11 Å². The highest BCUT2D eigenvalue weighted by Crippen LogP contribution is 2.23. The van der Waals surface area contributed by atoms with Crippen LogP contribution in [0.1, 0.15) is 18.0 Å². The monoisotopic (exact) mass is 422 g/mol. The van der Waals surface area contributed by atoms with E-state index in [2.05, 4.69) is 24.6 Å². The van der Waals surface area contributed by atoms with Gasteiger partial charge in [0.2, 0.25) is 17.6 Å². The van der Waals surface area contributed by atoms with Crippen LogP contribution in [-0.2, 0) is 24.3 Å². The van der Waals surface area contributed by atoms with Crippen LogP contribution >= 0.6 is 0 Å². The van der Waals surface area contributed by atoms with Gasteiger partial charge >= 0.3 is 0 Å². The summed E-state index contributed by atoms with van der Waals surface area (Å²) >= 11 is 0. The normalized spacial score (nSPS) is 19.3. The van der Waals surface area contributed by atoms with Crippen molar-refractivity contribution in [2.45, 2.75) is 25.9 Å². The number of hydrogen-bond donors (Lipinski definition) is 0. The van der Waals surface area contributed by atoms with Gasteiger partial charge in [0.1, 0.15) is 5.75 Å². The summed E-state index contributed by atoms with van der Waals surface area (Å²) in [6.45, 7) is 4.39. The van der Waals surface area contributed by atoms with E-state index < -0.39 is 0 Å². The molecule has 0 spiro atoms. The zero-order chi connectivity index (χ0) is 21.2. The van der Waals surface area contributed by atoms with Crippen LogP contribution in [0.3, 0.4) is 0 Å². The SMILES string of the molecule is COc1ccc(-c2noc(CN3CCN(C(=O)C4CCc5cncn5C4)CC3)n2)cc1. The van der Waals surface area contributed by atoms with Crippen molar-refractivity contribution in [1.29, 1.82) is 0 Å². The summed E-state index contributed by atoms with van der Waals surface area (Å²) in [4.78, 5) is 26.0. The molecule has 1 fully saturated rings. The first kappa shape index (κ1) is 19.7.